The van der Waals surface area contributed by atoms with Crippen LogP contribution in [-0.2, 0) is 16.1 Å². The predicted molar refractivity (Wildman–Crippen MR) is 138 cm³/mol. The number of aliphatic hydroxyl groups is 1. The highest BCUT2D eigenvalue weighted by Crippen LogP contribution is 2.43. The van der Waals surface area contributed by atoms with E-state index in [0.29, 0.717) is 25.1 Å². The predicted octanol–water partition coefficient (Wildman–Crippen LogP) is 7.22. The van der Waals surface area contributed by atoms with Crippen LogP contribution in [0.15, 0.2) is 66.0 Å². The van der Waals surface area contributed by atoms with Gasteiger partial charge in [0.1, 0.15) is 5.76 Å². The third-order valence-corrected chi connectivity index (χ3v) is 7.03. The summed E-state index contributed by atoms with van der Waals surface area (Å²) in [4.78, 5) is 26.9. The summed E-state index contributed by atoms with van der Waals surface area (Å²) in [6.45, 7) is 3.19. The smallest absolute Gasteiger partial charge is 0.254 e. The van der Waals surface area contributed by atoms with Crippen molar-refractivity contribution in [3.05, 3.63) is 71.5 Å². The van der Waals surface area contributed by atoms with Crippen LogP contribution in [0, 0.1) is 5.41 Å². The van der Waals surface area contributed by atoms with E-state index in [-0.39, 0.29) is 17.4 Å². The van der Waals surface area contributed by atoms with Crippen molar-refractivity contribution in [3.63, 3.8) is 0 Å². The van der Waals surface area contributed by atoms with E-state index in [1.54, 1.807) is 17.1 Å². The standard InChI is InChI=1S/C30H41NO3/c1-2-3-4-5-6-7-8-9-10-11-15-18-27(33)28-29(34)31(23-25-16-13-12-14-17-25)24-30(28)21-19-26(32)20-22-30/h12-14,16-17,19-22,33H,2-11,15,18,23-24H2,1H3/b28-27-. The number of hydrogen-bond acceptors (Lipinski definition) is 3. The number of ketones is 1. The van der Waals surface area contributed by atoms with Crippen LogP contribution in [0.5, 0.6) is 0 Å². The number of unbranched alkanes of at least 4 members (excludes halogenated alkanes) is 10. The maximum atomic E-state index is 13.4. The lowest BCUT2D eigenvalue weighted by molar-refractivity contribution is -0.125. The van der Waals surface area contributed by atoms with Crippen molar-refractivity contribution in [2.24, 2.45) is 5.41 Å². The van der Waals surface area contributed by atoms with Gasteiger partial charge in [0.25, 0.3) is 5.91 Å². The monoisotopic (exact) mass is 463 g/mol. The molecule has 0 bridgehead atoms. The van der Waals surface area contributed by atoms with Crippen molar-refractivity contribution in [2.75, 3.05) is 6.54 Å². The van der Waals surface area contributed by atoms with E-state index >= 15 is 0 Å². The van der Waals surface area contributed by atoms with Crippen LogP contribution in [0.25, 0.3) is 0 Å². The summed E-state index contributed by atoms with van der Waals surface area (Å²) in [6.07, 6.45) is 20.8. The molecule has 0 saturated carbocycles. The fraction of sp³-hybridized carbons (Fsp3) is 0.533. The normalized spacial score (nSPS) is 18.3. The molecule has 2 aliphatic rings. The third-order valence-electron chi connectivity index (χ3n) is 7.03. The lowest BCUT2D eigenvalue weighted by atomic mass is 9.78. The largest absolute Gasteiger partial charge is 0.512 e. The van der Waals surface area contributed by atoms with Crippen molar-refractivity contribution < 1.29 is 14.7 Å². The zero-order valence-corrected chi connectivity index (χ0v) is 20.8. The number of carbonyl (C=O) groups excluding carboxylic acids is 2. The Morgan fingerprint density at radius 3 is 2.00 bits per heavy atom. The number of amides is 1. The highest BCUT2D eigenvalue weighted by molar-refractivity contribution is 6.04. The van der Waals surface area contributed by atoms with Gasteiger partial charge in [-0.3, -0.25) is 9.59 Å². The fourth-order valence-electron chi connectivity index (χ4n) is 5.07. The summed E-state index contributed by atoms with van der Waals surface area (Å²) in [6, 6.07) is 9.89. The molecule has 1 aliphatic carbocycles. The number of rotatable bonds is 14. The molecule has 0 atom stereocenters. The molecule has 1 heterocycles. The zero-order valence-electron chi connectivity index (χ0n) is 20.8. The van der Waals surface area contributed by atoms with Gasteiger partial charge in [0.2, 0.25) is 0 Å². The molecule has 184 valence electrons. The number of hydrogen-bond donors (Lipinski definition) is 1. The quantitative estimate of drug-likeness (QED) is 0.180. The molecule has 1 saturated heterocycles. The summed E-state index contributed by atoms with van der Waals surface area (Å²) in [5, 5.41) is 11.0. The Balaban J connectivity index is 1.53. The molecular formula is C30H41NO3. The number of likely N-dealkylation sites (tertiary alicyclic amines) is 1. The van der Waals surface area contributed by atoms with Gasteiger partial charge in [-0.25, -0.2) is 0 Å². The van der Waals surface area contributed by atoms with Crippen molar-refractivity contribution in [3.8, 4) is 0 Å². The molecule has 1 aliphatic heterocycles. The Morgan fingerprint density at radius 1 is 0.853 bits per heavy atom. The molecule has 0 radical (unpaired) electrons. The van der Waals surface area contributed by atoms with Crippen molar-refractivity contribution >= 4 is 11.7 Å². The van der Waals surface area contributed by atoms with E-state index in [4.69, 9.17) is 0 Å². The van der Waals surface area contributed by atoms with E-state index in [9.17, 15) is 14.7 Å². The van der Waals surface area contributed by atoms with E-state index in [0.717, 1.165) is 18.4 Å². The summed E-state index contributed by atoms with van der Waals surface area (Å²) in [5.74, 6) is -0.0306. The number of nitrogens with zero attached hydrogens (tertiary/aromatic N) is 1. The Bertz CT molecular complexity index is 881. The summed E-state index contributed by atoms with van der Waals surface area (Å²) in [7, 11) is 0. The molecule has 1 amide bonds. The minimum absolute atomic E-state index is 0.0798. The lowest BCUT2D eigenvalue weighted by Gasteiger charge is -2.25. The molecule has 1 aromatic rings. The minimum Gasteiger partial charge on any atom is -0.512 e. The first-order valence-corrected chi connectivity index (χ1v) is 13.2. The minimum atomic E-state index is -0.721. The SMILES string of the molecule is CCCCCCCCCCCCC/C(O)=C1\C(=O)N(Cc2ccccc2)CC12C=CC(=O)C=C2. The molecule has 4 heteroatoms. The Labute approximate surface area is 205 Å². The lowest BCUT2D eigenvalue weighted by Crippen LogP contribution is -2.27. The molecule has 1 fully saturated rings. The zero-order chi connectivity index (χ0) is 24.2. The first-order valence-electron chi connectivity index (χ1n) is 13.2. The van der Waals surface area contributed by atoms with Crippen LogP contribution >= 0.6 is 0 Å². The van der Waals surface area contributed by atoms with Gasteiger partial charge in [0.05, 0.1) is 11.0 Å². The topological polar surface area (TPSA) is 57.6 Å². The van der Waals surface area contributed by atoms with Gasteiger partial charge in [-0.05, 0) is 24.1 Å². The van der Waals surface area contributed by atoms with Gasteiger partial charge >= 0.3 is 0 Å². The molecule has 1 N–H and O–H groups in total. The Hall–Kier alpha value is -2.62. The van der Waals surface area contributed by atoms with Crippen LogP contribution in [0.2, 0.25) is 0 Å². The van der Waals surface area contributed by atoms with Crippen molar-refractivity contribution in [1.29, 1.82) is 0 Å². The number of allylic oxidation sites excluding steroid dienone is 3. The van der Waals surface area contributed by atoms with Gasteiger partial charge in [0, 0.05) is 19.5 Å². The van der Waals surface area contributed by atoms with Gasteiger partial charge in [-0.2, -0.15) is 0 Å². The molecule has 1 aromatic carbocycles. The number of aliphatic hydroxyl groups excluding tert-OH is 1. The molecule has 3 rings (SSSR count). The summed E-state index contributed by atoms with van der Waals surface area (Å²) < 4.78 is 0. The van der Waals surface area contributed by atoms with Crippen molar-refractivity contribution in [1.82, 2.24) is 4.90 Å². The number of carbonyl (C=O) groups is 2. The first-order chi connectivity index (χ1) is 16.6. The second-order valence-corrected chi connectivity index (χ2v) is 9.86. The van der Waals surface area contributed by atoms with E-state index in [1.807, 2.05) is 30.3 Å². The highest BCUT2D eigenvalue weighted by Gasteiger charge is 2.47. The third kappa shape index (κ3) is 7.19. The average molecular weight is 464 g/mol. The van der Waals surface area contributed by atoms with E-state index in [2.05, 4.69) is 6.92 Å². The van der Waals surface area contributed by atoms with Gasteiger partial charge < -0.3 is 10.0 Å². The molecular weight excluding hydrogens is 422 g/mol. The van der Waals surface area contributed by atoms with Crippen LogP contribution in [0.1, 0.15) is 89.5 Å². The maximum absolute atomic E-state index is 13.4. The Morgan fingerprint density at radius 2 is 1.41 bits per heavy atom. The molecule has 0 aromatic heterocycles. The van der Waals surface area contributed by atoms with E-state index in [1.165, 1.54) is 69.9 Å². The summed E-state index contributed by atoms with van der Waals surface area (Å²) >= 11 is 0. The van der Waals surface area contributed by atoms with Gasteiger partial charge in [-0.15, -0.1) is 0 Å². The van der Waals surface area contributed by atoms with Crippen molar-refractivity contribution in [2.45, 2.75) is 90.5 Å². The highest BCUT2D eigenvalue weighted by atomic mass is 16.3. The summed E-state index contributed by atoms with van der Waals surface area (Å²) in [5.41, 5.74) is 0.772. The number of benzene rings is 1. The van der Waals surface area contributed by atoms with Crippen LogP contribution in [-0.4, -0.2) is 28.2 Å². The van der Waals surface area contributed by atoms with E-state index < -0.39 is 5.41 Å². The second-order valence-electron chi connectivity index (χ2n) is 9.86. The molecule has 4 nitrogen and oxygen atoms in total. The average Bonchev–Trinajstić information content (AvgIpc) is 3.10. The van der Waals surface area contributed by atoms with Crippen LogP contribution in [0.4, 0.5) is 0 Å². The van der Waals surface area contributed by atoms with Crippen LogP contribution < -0.4 is 0 Å². The molecule has 34 heavy (non-hydrogen) atoms. The Kier molecular flexibility index (Phi) is 10.2. The first kappa shape index (κ1) is 26.0. The second kappa shape index (κ2) is 13.3. The van der Waals surface area contributed by atoms with Gasteiger partial charge in [-0.1, -0.05) is 114 Å². The van der Waals surface area contributed by atoms with Crippen LogP contribution in [0.3, 0.4) is 0 Å². The maximum Gasteiger partial charge on any atom is 0.254 e. The van der Waals surface area contributed by atoms with Gasteiger partial charge in [0.15, 0.2) is 5.78 Å². The molecule has 1 spiro atoms. The molecule has 0 unspecified atom stereocenters. The fourth-order valence-corrected chi connectivity index (χ4v) is 5.07.